The van der Waals surface area contributed by atoms with Crippen LogP contribution in [0.1, 0.15) is 5.56 Å². The number of hydrogen-bond donors (Lipinski definition) is 0. The van der Waals surface area contributed by atoms with Crippen molar-refractivity contribution in [2.45, 2.75) is 13.5 Å². The normalized spacial score (nSPS) is 10.4. The molecule has 0 aromatic heterocycles. The van der Waals surface area contributed by atoms with Crippen LogP contribution in [0.3, 0.4) is 0 Å². The first-order chi connectivity index (χ1) is 8.63. The lowest BCUT2D eigenvalue weighted by Crippen LogP contribution is -2.01. The van der Waals surface area contributed by atoms with Crippen molar-refractivity contribution in [3.8, 4) is 17.2 Å². The summed E-state index contributed by atoms with van der Waals surface area (Å²) in [4.78, 5) is 0. The van der Waals surface area contributed by atoms with Gasteiger partial charge in [-0.15, -0.1) is 0 Å². The molecule has 0 aliphatic carbocycles. The molecule has 0 fully saturated rings. The van der Waals surface area contributed by atoms with Gasteiger partial charge in [-0.3, -0.25) is 0 Å². The molecule has 2 aromatic carbocycles. The van der Waals surface area contributed by atoms with E-state index in [1.165, 1.54) is 12.1 Å². The molecule has 0 N–H and O–H groups in total. The number of halogens is 2. The van der Waals surface area contributed by atoms with E-state index in [0.717, 1.165) is 5.56 Å². The molecule has 0 saturated carbocycles. The van der Waals surface area contributed by atoms with E-state index in [1.807, 2.05) is 31.2 Å². The van der Waals surface area contributed by atoms with Crippen molar-refractivity contribution >= 4 is 0 Å². The zero-order valence-corrected chi connectivity index (χ0v) is 9.77. The number of hydrogen-bond acceptors (Lipinski definition) is 2. The van der Waals surface area contributed by atoms with Gasteiger partial charge in [0.05, 0.1) is 0 Å². The van der Waals surface area contributed by atoms with Gasteiger partial charge in [0.25, 0.3) is 0 Å². The van der Waals surface area contributed by atoms with Gasteiger partial charge >= 0.3 is 6.61 Å². The van der Waals surface area contributed by atoms with E-state index in [0.29, 0.717) is 11.5 Å². The van der Waals surface area contributed by atoms with Crippen LogP contribution in [0.2, 0.25) is 0 Å². The van der Waals surface area contributed by atoms with E-state index >= 15 is 0 Å². The van der Waals surface area contributed by atoms with Crippen molar-refractivity contribution in [3.63, 3.8) is 0 Å². The zero-order valence-electron chi connectivity index (χ0n) is 9.77. The molecule has 18 heavy (non-hydrogen) atoms. The molecular formula is C14H12F2O2. The Labute approximate surface area is 104 Å². The van der Waals surface area contributed by atoms with E-state index in [1.54, 1.807) is 12.1 Å². The molecule has 0 aliphatic heterocycles. The molecule has 0 heterocycles. The van der Waals surface area contributed by atoms with E-state index in [9.17, 15) is 8.78 Å². The maximum absolute atomic E-state index is 12.0. The van der Waals surface area contributed by atoms with Crippen LogP contribution in [0, 0.1) is 6.92 Å². The summed E-state index contributed by atoms with van der Waals surface area (Å²) in [7, 11) is 0. The fraction of sp³-hybridized carbons (Fsp3) is 0.143. The monoisotopic (exact) mass is 250 g/mol. The lowest BCUT2D eigenvalue weighted by Gasteiger charge is -2.08. The number of rotatable bonds is 4. The van der Waals surface area contributed by atoms with Crippen molar-refractivity contribution in [1.82, 2.24) is 0 Å². The molecule has 2 aromatic rings. The van der Waals surface area contributed by atoms with Gasteiger partial charge in [-0.05, 0) is 48.9 Å². The fourth-order valence-electron chi connectivity index (χ4n) is 1.50. The van der Waals surface area contributed by atoms with Gasteiger partial charge in [0.15, 0.2) is 0 Å². The van der Waals surface area contributed by atoms with Gasteiger partial charge in [0.2, 0.25) is 0 Å². The van der Waals surface area contributed by atoms with Gasteiger partial charge in [-0.2, -0.15) is 8.78 Å². The lowest BCUT2D eigenvalue weighted by atomic mass is 10.2. The minimum absolute atomic E-state index is 0.113. The van der Waals surface area contributed by atoms with Crippen molar-refractivity contribution < 1.29 is 18.3 Å². The molecule has 2 nitrogen and oxygen atoms in total. The van der Waals surface area contributed by atoms with Crippen molar-refractivity contribution in [2.75, 3.05) is 0 Å². The van der Waals surface area contributed by atoms with E-state index < -0.39 is 6.61 Å². The van der Waals surface area contributed by atoms with Crippen LogP contribution in [0.5, 0.6) is 17.2 Å². The highest BCUT2D eigenvalue weighted by Gasteiger charge is 2.04. The molecule has 0 unspecified atom stereocenters. The van der Waals surface area contributed by atoms with Crippen LogP contribution >= 0.6 is 0 Å². The van der Waals surface area contributed by atoms with Crippen molar-refractivity contribution in [1.29, 1.82) is 0 Å². The maximum Gasteiger partial charge on any atom is 0.387 e. The predicted molar refractivity (Wildman–Crippen MR) is 64.3 cm³/mol. The standard InChI is InChI=1S/C14H12F2O2/c1-10-3-2-4-13(9-10)17-11-5-7-12(8-6-11)18-14(15)16/h2-9,14H,1H3. The third-order valence-electron chi connectivity index (χ3n) is 2.27. The van der Waals surface area contributed by atoms with Crippen molar-refractivity contribution in [2.24, 2.45) is 0 Å². The van der Waals surface area contributed by atoms with Gasteiger partial charge < -0.3 is 9.47 Å². The Kier molecular flexibility index (Phi) is 3.77. The van der Waals surface area contributed by atoms with E-state index in [4.69, 9.17) is 4.74 Å². The minimum atomic E-state index is -2.81. The van der Waals surface area contributed by atoms with E-state index in [2.05, 4.69) is 4.74 Å². The highest BCUT2D eigenvalue weighted by Crippen LogP contribution is 2.24. The second kappa shape index (κ2) is 5.49. The topological polar surface area (TPSA) is 18.5 Å². The van der Waals surface area contributed by atoms with Crippen molar-refractivity contribution in [3.05, 3.63) is 54.1 Å². The minimum Gasteiger partial charge on any atom is -0.457 e. The summed E-state index contributed by atoms with van der Waals surface area (Å²) in [5.41, 5.74) is 1.09. The summed E-state index contributed by atoms with van der Waals surface area (Å²) < 4.78 is 33.7. The Morgan fingerprint density at radius 1 is 0.889 bits per heavy atom. The highest BCUT2D eigenvalue weighted by molar-refractivity contribution is 5.36. The number of alkyl halides is 2. The molecule has 0 aliphatic rings. The average molecular weight is 250 g/mol. The SMILES string of the molecule is Cc1cccc(Oc2ccc(OC(F)F)cc2)c1. The van der Waals surface area contributed by atoms with Crippen LogP contribution in [-0.2, 0) is 0 Å². The molecule has 94 valence electrons. The van der Waals surface area contributed by atoms with Gasteiger partial charge in [-0.25, -0.2) is 0 Å². The van der Waals surface area contributed by atoms with Crippen LogP contribution in [-0.4, -0.2) is 6.61 Å². The largest absolute Gasteiger partial charge is 0.457 e. The van der Waals surface area contributed by atoms with Crippen LogP contribution in [0.15, 0.2) is 48.5 Å². The summed E-state index contributed by atoms with van der Waals surface area (Å²) in [6.07, 6.45) is 0. The Hall–Kier alpha value is -2.10. The predicted octanol–water partition coefficient (Wildman–Crippen LogP) is 4.39. The third-order valence-corrected chi connectivity index (χ3v) is 2.27. The first-order valence-electron chi connectivity index (χ1n) is 5.43. The molecule has 0 bridgehead atoms. The quantitative estimate of drug-likeness (QED) is 0.801. The Morgan fingerprint density at radius 3 is 2.17 bits per heavy atom. The van der Waals surface area contributed by atoms with Gasteiger partial charge in [0.1, 0.15) is 17.2 Å². The van der Waals surface area contributed by atoms with Gasteiger partial charge in [0, 0.05) is 0 Å². The van der Waals surface area contributed by atoms with Gasteiger partial charge in [-0.1, -0.05) is 12.1 Å². The molecule has 2 rings (SSSR count). The summed E-state index contributed by atoms with van der Waals surface area (Å²) in [6, 6.07) is 13.6. The first kappa shape index (κ1) is 12.4. The fourth-order valence-corrected chi connectivity index (χ4v) is 1.50. The Morgan fingerprint density at radius 2 is 1.56 bits per heavy atom. The van der Waals surface area contributed by atoms with Crippen LogP contribution in [0.4, 0.5) is 8.78 Å². The highest BCUT2D eigenvalue weighted by atomic mass is 19.3. The number of benzene rings is 2. The van der Waals surface area contributed by atoms with E-state index in [-0.39, 0.29) is 5.75 Å². The molecule has 0 atom stereocenters. The second-order valence-corrected chi connectivity index (χ2v) is 3.77. The molecular weight excluding hydrogens is 238 g/mol. The molecule has 0 radical (unpaired) electrons. The number of ether oxygens (including phenoxy) is 2. The summed E-state index contributed by atoms with van der Waals surface area (Å²) >= 11 is 0. The lowest BCUT2D eigenvalue weighted by molar-refractivity contribution is -0.0498. The number of aryl methyl sites for hydroxylation is 1. The molecule has 0 saturated heterocycles. The zero-order chi connectivity index (χ0) is 13.0. The molecule has 4 heteroatoms. The molecule has 0 amide bonds. The first-order valence-corrected chi connectivity index (χ1v) is 5.43. The smallest absolute Gasteiger partial charge is 0.387 e. The summed E-state index contributed by atoms with van der Waals surface area (Å²) in [5, 5.41) is 0. The van der Waals surface area contributed by atoms with Crippen LogP contribution < -0.4 is 9.47 Å². The van der Waals surface area contributed by atoms with Crippen LogP contribution in [0.25, 0.3) is 0 Å². The summed E-state index contributed by atoms with van der Waals surface area (Å²) in [6.45, 7) is -0.847. The maximum atomic E-state index is 12.0. The summed E-state index contributed by atoms with van der Waals surface area (Å²) in [5.74, 6) is 1.39. The average Bonchev–Trinajstić information content (AvgIpc) is 2.31. The second-order valence-electron chi connectivity index (χ2n) is 3.77. The Balaban J connectivity index is 2.06. The Bertz CT molecular complexity index is 509. The molecule has 0 spiro atoms. The third kappa shape index (κ3) is 3.45.